The third kappa shape index (κ3) is 2.07. The Hall–Kier alpha value is -1.62. The van der Waals surface area contributed by atoms with Crippen molar-refractivity contribution in [2.75, 3.05) is 19.0 Å². The van der Waals surface area contributed by atoms with Crippen molar-refractivity contribution >= 4 is 33.4 Å². The number of benzene rings is 1. The Balaban J connectivity index is 2.18. The summed E-state index contributed by atoms with van der Waals surface area (Å²) in [4.78, 5) is 10.9. The summed E-state index contributed by atoms with van der Waals surface area (Å²) in [7, 11) is 1.37. The van der Waals surface area contributed by atoms with Crippen LogP contribution in [0, 0.1) is 0 Å². The molecular weight excluding hydrogens is 212 g/mol. The molecule has 2 rings (SSSR count). The van der Waals surface area contributed by atoms with Crippen LogP contribution in [0.25, 0.3) is 10.9 Å². The molecule has 1 aromatic heterocycles. The highest BCUT2D eigenvalue weighted by atomic mass is 32.1. The number of ether oxygens (including phenoxy) is 1. The van der Waals surface area contributed by atoms with E-state index in [1.165, 1.54) is 18.6 Å². The van der Waals surface area contributed by atoms with Gasteiger partial charge in [0.1, 0.15) is 11.5 Å². The Labute approximate surface area is 91.0 Å². The molecule has 1 aromatic carbocycles. The maximum Gasteiger partial charge on any atom is 0.325 e. The number of carbonyl (C=O) groups excluding carboxylic acids is 1. The summed E-state index contributed by atoms with van der Waals surface area (Å²) < 4.78 is 8.79. The van der Waals surface area contributed by atoms with E-state index in [2.05, 4.69) is 14.4 Å². The summed E-state index contributed by atoms with van der Waals surface area (Å²) in [5, 5.41) is 4.93. The van der Waals surface area contributed by atoms with E-state index in [4.69, 9.17) is 0 Å². The highest BCUT2D eigenvalue weighted by molar-refractivity contribution is 7.11. The van der Waals surface area contributed by atoms with Crippen LogP contribution in [0.1, 0.15) is 0 Å². The predicted octanol–water partition coefficient (Wildman–Crippen LogP) is 1.88. The van der Waals surface area contributed by atoms with Crippen LogP contribution >= 0.6 is 11.5 Å². The van der Waals surface area contributed by atoms with E-state index >= 15 is 0 Å². The number of hydrogen-bond donors (Lipinski definition) is 1. The van der Waals surface area contributed by atoms with Crippen molar-refractivity contribution in [1.82, 2.24) is 4.37 Å². The van der Waals surface area contributed by atoms with Crippen LogP contribution < -0.4 is 5.32 Å². The molecule has 0 fully saturated rings. The number of hydrogen-bond acceptors (Lipinski definition) is 5. The van der Waals surface area contributed by atoms with Crippen LogP contribution in [-0.2, 0) is 9.53 Å². The second kappa shape index (κ2) is 4.27. The van der Waals surface area contributed by atoms with Gasteiger partial charge in [-0.3, -0.25) is 4.79 Å². The minimum Gasteiger partial charge on any atom is -0.468 e. The number of aromatic nitrogens is 1. The molecule has 0 aliphatic carbocycles. The Kier molecular flexibility index (Phi) is 2.82. The van der Waals surface area contributed by atoms with Gasteiger partial charge in [-0.2, -0.15) is 4.37 Å². The number of anilines is 1. The molecule has 5 heteroatoms. The molecule has 0 atom stereocenters. The van der Waals surface area contributed by atoms with Gasteiger partial charge in [-0.25, -0.2) is 0 Å². The first kappa shape index (κ1) is 9.92. The van der Waals surface area contributed by atoms with Crippen LogP contribution in [0.5, 0.6) is 0 Å². The summed E-state index contributed by atoms with van der Waals surface area (Å²) in [6, 6.07) is 7.79. The van der Waals surface area contributed by atoms with Gasteiger partial charge in [0.2, 0.25) is 0 Å². The standard InChI is InChI=1S/C10H10N2O2S/c1-14-9(13)6-11-10-7-4-2-3-5-8(7)12-15-10/h2-5,11H,6H2,1H3. The summed E-state index contributed by atoms with van der Waals surface area (Å²) in [6.07, 6.45) is 0. The Morgan fingerprint density at radius 2 is 2.33 bits per heavy atom. The topological polar surface area (TPSA) is 51.2 Å². The Morgan fingerprint density at radius 1 is 1.53 bits per heavy atom. The molecule has 0 bridgehead atoms. The van der Waals surface area contributed by atoms with Gasteiger partial charge in [0.25, 0.3) is 0 Å². The van der Waals surface area contributed by atoms with Crippen LogP contribution in [-0.4, -0.2) is 24.0 Å². The number of esters is 1. The lowest BCUT2D eigenvalue weighted by Gasteiger charge is -2.01. The van der Waals surface area contributed by atoms with E-state index in [1.807, 2.05) is 24.3 Å². The molecule has 0 aliphatic rings. The average Bonchev–Trinajstić information content (AvgIpc) is 2.69. The Bertz CT molecular complexity index is 481. The molecule has 0 aliphatic heterocycles. The lowest BCUT2D eigenvalue weighted by Crippen LogP contribution is -2.14. The van der Waals surface area contributed by atoms with Crippen LogP contribution in [0.2, 0.25) is 0 Å². The molecule has 0 radical (unpaired) electrons. The summed E-state index contributed by atoms with van der Waals surface area (Å²) in [5.41, 5.74) is 0.940. The van der Waals surface area contributed by atoms with Gasteiger partial charge < -0.3 is 10.1 Å². The number of rotatable bonds is 3. The molecule has 1 heterocycles. The largest absolute Gasteiger partial charge is 0.468 e. The Morgan fingerprint density at radius 3 is 3.13 bits per heavy atom. The molecule has 4 nitrogen and oxygen atoms in total. The number of fused-ring (bicyclic) bond motifs is 1. The van der Waals surface area contributed by atoms with Crippen molar-refractivity contribution in [3.8, 4) is 0 Å². The molecule has 15 heavy (non-hydrogen) atoms. The number of nitrogens with one attached hydrogen (secondary N) is 1. The lowest BCUT2D eigenvalue weighted by molar-refractivity contribution is -0.138. The van der Waals surface area contributed by atoms with Crippen molar-refractivity contribution in [1.29, 1.82) is 0 Å². The highest BCUT2D eigenvalue weighted by Gasteiger charge is 2.06. The minimum absolute atomic E-state index is 0.169. The van der Waals surface area contributed by atoms with Crippen molar-refractivity contribution in [2.24, 2.45) is 0 Å². The van der Waals surface area contributed by atoms with Gasteiger partial charge >= 0.3 is 5.97 Å². The van der Waals surface area contributed by atoms with E-state index in [1.54, 1.807) is 0 Å². The van der Waals surface area contributed by atoms with Crippen LogP contribution in [0.4, 0.5) is 5.00 Å². The zero-order valence-corrected chi connectivity index (χ0v) is 9.00. The zero-order chi connectivity index (χ0) is 10.7. The molecule has 2 aromatic rings. The predicted molar refractivity (Wildman–Crippen MR) is 60.1 cm³/mol. The first-order valence-corrected chi connectivity index (χ1v) is 5.23. The number of nitrogens with zero attached hydrogens (tertiary/aromatic N) is 1. The maximum atomic E-state index is 10.9. The summed E-state index contributed by atoms with van der Waals surface area (Å²) >= 11 is 1.35. The monoisotopic (exact) mass is 222 g/mol. The number of carbonyl (C=O) groups is 1. The van der Waals surface area contributed by atoms with E-state index in [0.717, 1.165) is 15.9 Å². The van der Waals surface area contributed by atoms with Crippen molar-refractivity contribution in [3.63, 3.8) is 0 Å². The third-order valence-electron chi connectivity index (χ3n) is 2.00. The minimum atomic E-state index is -0.285. The zero-order valence-electron chi connectivity index (χ0n) is 8.19. The SMILES string of the molecule is COC(=O)CNc1snc2ccccc12. The average molecular weight is 222 g/mol. The molecule has 0 amide bonds. The first-order valence-electron chi connectivity index (χ1n) is 4.46. The second-order valence-corrected chi connectivity index (χ2v) is 3.73. The summed E-state index contributed by atoms with van der Waals surface area (Å²) in [6.45, 7) is 0.169. The van der Waals surface area contributed by atoms with Gasteiger partial charge in [0.05, 0.1) is 12.6 Å². The molecule has 0 saturated carbocycles. The summed E-state index contributed by atoms with van der Waals surface area (Å²) in [5.74, 6) is -0.285. The fraction of sp³-hybridized carbons (Fsp3) is 0.200. The van der Waals surface area contributed by atoms with Gasteiger partial charge in [-0.05, 0) is 23.7 Å². The maximum absolute atomic E-state index is 10.9. The quantitative estimate of drug-likeness (QED) is 0.806. The molecule has 0 saturated heterocycles. The van der Waals surface area contributed by atoms with Gasteiger partial charge in [0, 0.05) is 5.39 Å². The van der Waals surface area contributed by atoms with Gasteiger partial charge in [0.15, 0.2) is 0 Å². The van der Waals surface area contributed by atoms with Crippen molar-refractivity contribution < 1.29 is 9.53 Å². The van der Waals surface area contributed by atoms with Crippen LogP contribution in [0.3, 0.4) is 0 Å². The van der Waals surface area contributed by atoms with E-state index in [-0.39, 0.29) is 12.5 Å². The second-order valence-electron chi connectivity index (χ2n) is 2.96. The molecule has 78 valence electrons. The fourth-order valence-corrected chi connectivity index (χ4v) is 2.00. The third-order valence-corrected chi connectivity index (χ3v) is 2.84. The highest BCUT2D eigenvalue weighted by Crippen LogP contribution is 2.26. The van der Waals surface area contributed by atoms with Gasteiger partial charge in [-0.15, -0.1) is 0 Å². The molecular formula is C10H10N2O2S. The van der Waals surface area contributed by atoms with Crippen molar-refractivity contribution in [3.05, 3.63) is 24.3 Å². The molecule has 0 unspecified atom stereocenters. The van der Waals surface area contributed by atoms with E-state index < -0.39 is 0 Å². The molecule has 0 spiro atoms. The van der Waals surface area contributed by atoms with Crippen LogP contribution in [0.15, 0.2) is 24.3 Å². The molecule has 1 N–H and O–H groups in total. The fourth-order valence-electron chi connectivity index (χ4n) is 1.24. The smallest absolute Gasteiger partial charge is 0.325 e. The van der Waals surface area contributed by atoms with E-state index in [9.17, 15) is 4.79 Å². The first-order chi connectivity index (χ1) is 7.31. The number of methoxy groups -OCH3 is 1. The van der Waals surface area contributed by atoms with E-state index in [0.29, 0.717) is 0 Å². The van der Waals surface area contributed by atoms with Gasteiger partial charge in [-0.1, -0.05) is 12.1 Å². The van der Waals surface area contributed by atoms with Crippen molar-refractivity contribution in [2.45, 2.75) is 0 Å². The normalized spacial score (nSPS) is 10.2. The lowest BCUT2D eigenvalue weighted by atomic mass is 10.2.